The smallest absolute Gasteiger partial charge is 0.328 e. The number of aliphatic carboxylic acids is 1. The molecule has 1 aliphatic rings. The molecule has 0 aliphatic heterocycles. The number of carboxylic acid groups (broad SMARTS) is 1. The standard InChI is InChI=1S/C27H32N6O5S/c1-31(2)22-7-9-23(10-8-22)33-17-19(15-30-33)16-32(25-14-21(28-18-29-25)6-13-26(34)35)27(36)20-4-11-24(12-5-20)39(3,37)38/h6-10,13-15,17-18,20,24H,4-5,11-12,16H2,1-3H3,(H,34,35). The summed E-state index contributed by atoms with van der Waals surface area (Å²) in [6.45, 7) is 0.180. The van der Waals surface area contributed by atoms with Crippen LogP contribution in [0.5, 0.6) is 0 Å². The number of rotatable bonds is 9. The van der Waals surface area contributed by atoms with Gasteiger partial charge in [0.1, 0.15) is 22.0 Å². The first kappa shape index (κ1) is 28.0. The van der Waals surface area contributed by atoms with E-state index in [2.05, 4.69) is 15.1 Å². The largest absolute Gasteiger partial charge is 0.478 e. The van der Waals surface area contributed by atoms with E-state index in [0.717, 1.165) is 23.0 Å². The molecule has 1 amide bonds. The van der Waals surface area contributed by atoms with Gasteiger partial charge in [-0.1, -0.05) is 0 Å². The number of sulfone groups is 1. The maximum atomic E-state index is 13.8. The van der Waals surface area contributed by atoms with E-state index in [9.17, 15) is 18.0 Å². The highest BCUT2D eigenvalue weighted by Gasteiger charge is 2.34. The van der Waals surface area contributed by atoms with Crippen molar-refractivity contribution in [3.8, 4) is 5.69 Å². The van der Waals surface area contributed by atoms with Crippen LogP contribution in [-0.2, 0) is 26.0 Å². The second kappa shape index (κ2) is 11.8. The van der Waals surface area contributed by atoms with Crippen LogP contribution >= 0.6 is 0 Å². The summed E-state index contributed by atoms with van der Waals surface area (Å²) in [6, 6.07) is 9.46. The number of hydrogen-bond donors (Lipinski definition) is 1. The molecule has 0 bridgehead atoms. The summed E-state index contributed by atoms with van der Waals surface area (Å²) < 4.78 is 25.7. The molecule has 206 valence electrons. The van der Waals surface area contributed by atoms with Gasteiger partial charge >= 0.3 is 5.97 Å². The lowest BCUT2D eigenvalue weighted by atomic mass is 9.87. The molecule has 1 aromatic carbocycles. The van der Waals surface area contributed by atoms with Crippen molar-refractivity contribution < 1.29 is 23.1 Å². The Morgan fingerprint density at radius 1 is 1.10 bits per heavy atom. The van der Waals surface area contributed by atoms with Gasteiger partial charge in [-0.15, -0.1) is 0 Å². The maximum Gasteiger partial charge on any atom is 0.328 e. The fourth-order valence-electron chi connectivity index (χ4n) is 4.66. The second-order valence-electron chi connectivity index (χ2n) is 9.90. The summed E-state index contributed by atoms with van der Waals surface area (Å²) in [5.41, 5.74) is 3.04. The molecule has 1 N–H and O–H groups in total. The highest BCUT2D eigenvalue weighted by molar-refractivity contribution is 7.91. The van der Waals surface area contributed by atoms with Crippen LogP contribution in [0.25, 0.3) is 11.8 Å². The predicted molar refractivity (Wildman–Crippen MR) is 148 cm³/mol. The quantitative estimate of drug-likeness (QED) is 0.397. The van der Waals surface area contributed by atoms with Crippen molar-refractivity contribution in [2.45, 2.75) is 37.5 Å². The van der Waals surface area contributed by atoms with Gasteiger partial charge in [0.05, 0.1) is 29.4 Å². The van der Waals surface area contributed by atoms with E-state index in [0.29, 0.717) is 37.2 Å². The Labute approximate surface area is 227 Å². The van der Waals surface area contributed by atoms with Crippen LogP contribution in [0.2, 0.25) is 0 Å². The molecule has 4 rings (SSSR count). The number of aromatic nitrogens is 4. The summed E-state index contributed by atoms with van der Waals surface area (Å²) in [4.78, 5) is 36.7. The van der Waals surface area contributed by atoms with Crippen molar-refractivity contribution in [1.82, 2.24) is 19.7 Å². The molecule has 2 heterocycles. The predicted octanol–water partition coefficient (Wildman–Crippen LogP) is 2.96. The van der Waals surface area contributed by atoms with Gasteiger partial charge < -0.3 is 10.0 Å². The average Bonchev–Trinajstić information content (AvgIpc) is 3.39. The summed E-state index contributed by atoms with van der Waals surface area (Å²) in [6.07, 6.45) is 10.1. The van der Waals surface area contributed by atoms with Crippen LogP contribution in [0, 0.1) is 5.92 Å². The highest BCUT2D eigenvalue weighted by atomic mass is 32.2. The SMILES string of the molecule is CN(C)c1ccc(-n2cc(CN(C(=O)C3CCC(S(C)(=O)=O)CC3)c3cc(C=CC(=O)O)ncn3)cn2)cc1. The van der Waals surface area contributed by atoms with E-state index in [1.54, 1.807) is 21.8 Å². The lowest BCUT2D eigenvalue weighted by Crippen LogP contribution is -2.39. The van der Waals surface area contributed by atoms with Crippen molar-refractivity contribution in [1.29, 1.82) is 0 Å². The zero-order chi connectivity index (χ0) is 28.2. The number of amides is 1. The maximum absolute atomic E-state index is 13.8. The monoisotopic (exact) mass is 552 g/mol. The summed E-state index contributed by atoms with van der Waals surface area (Å²) in [7, 11) is 0.776. The molecule has 1 fully saturated rings. The third-order valence-electron chi connectivity index (χ3n) is 6.85. The topological polar surface area (TPSA) is 139 Å². The Hall–Kier alpha value is -4.06. The van der Waals surface area contributed by atoms with Crippen LogP contribution in [0.4, 0.5) is 11.5 Å². The zero-order valence-corrected chi connectivity index (χ0v) is 23.0. The van der Waals surface area contributed by atoms with Gasteiger partial charge in [-0.05, 0) is 56.0 Å². The van der Waals surface area contributed by atoms with E-state index in [1.165, 1.54) is 18.7 Å². The summed E-state index contributed by atoms with van der Waals surface area (Å²) in [5.74, 6) is -1.31. The van der Waals surface area contributed by atoms with Crippen molar-refractivity contribution >= 4 is 39.3 Å². The fourth-order valence-corrected chi connectivity index (χ4v) is 5.78. The van der Waals surface area contributed by atoms with Crippen molar-refractivity contribution in [2.24, 2.45) is 5.92 Å². The van der Waals surface area contributed by atoms with E-state index < -0.39 is 21.1 Å². The van der Waals surface area contributed by atoms with Crippen LogP contribution < -0.4 is 9.80 Å². The molecule has 11 nitrogen and oxygen atoms in total. The molecule has 39 heavy (non-hydrogen) atoms. The number of carbonyl (C=O) groups excluding carboxylic acids is 1. The summed E-state index contributed by atoms with van der Waals surface area (Å²) >= 11 is 0. The Balaban J connectivity index is 1.60. The molecular weight excluding hydrogens is 520 g/mol. The van der Waals surface area contributed by atoms with Gasteiger partial charge in [0, 0.05) is 55.9 Å². The van der Waals surface area contributed by atoms with E-state index in [1.807, 2.05) is 49.5 Å². The Morgan fingerprint density at radius 2 is 1.79 bits per heavy atom. The van der Waals surface area contributed by atoms with Gasteiger partial charge in [-0.25, -0.2) is 27.9 Å². The molecule has 0 unspecified atom stereocenters. The minimum atomic E-state index is -3.16. The van der Waals surface area contributed by atoms with Crippen LogP contribution in [0.3, 0.4) is 0 Å². The summed E-state index contributed by atoms with van der Waals surface area (Å²) in [5, 5.41) is 13.0. The number of carbonyl (C=O) groups is 2. The molecule has 0 saturated heterocycles. The van der Waals surface area contributed by atoms with Crippen molar-refractivity contribution in [3.05, 3.63) is 66.4 Å². The molecule has 0 radical (unpaired) electrons. The van der Waals surface area contributed by atoms with Crippen LogP contribution in [0.15, 0.2) is 55.1 Å². The van der Waals surface area contributed by atoms with Crippen molar-refractivity contribution in [3.63, 3.8) is 0 Å². The third kappa shape index (κ3) is 7.08. The minimum absolute atomic E-state index is 0.170. The molecule has 2 aromatic heterocycles. The molecule has 12 heteroatoms. The fraction of sp³-hybridized carbons (Fsp3) is 0.370. The zero-order valence-electron chi connectivity index (χ0n) is 22.1. The number of hydrogen-bond acceptors (Lipinski definition) is 8. The molecular formula is C27H32N6O5S. The third-order valence-corrected chi connectivity index (χ3v) is 8.53. The highest BCUT2D eigenvalue weighted by Crippen LogP contribution is 2.31. The van der Waals surface area contributed by atoms with E-state index in [4.69, 9.17) is 5.11 Å². The van der Waals surface area contributed by atoms with E-state index in [-0.39, 0.29) is 18.4 Å². The first-order chi connectivity index (χ1) is 18.5. The number of benzene rings is 1. The first-order valence-electron chi connectivity index (χ1n) is 12.6. The van der Waals surface area contributed by atoms with Gasteiger partial charge in [0.15, 0.2) is 0 Å². The Kier molecular flexibility index (Phi) is 8.44. The average molecular weight is 553 g/mol. The Morgan fingerprint density at radius 3 is 2.41 bits per heavy atom. The number of carboxylic acids is 1. The first-order valence-corrected chi connectivity index (χ1v) is 14.5. The van der Waals surface area contributed by atoms with Gasteiger partial charge in [-0.3, -0.25) is 9.69 Å². The normalized spacial score (nSPS) is 17.7. The van der Waals surface area contributed by atoms with Gasteiger partial charge in [-0.2, -0.15) is 5.10 Å². The molecule has 0 atom stereocenters. The van der Waals surface area contributed by atoms with Crippen LogP contribution in [-0.4, -0.2) is 70.8 Å². The van der Waals surface area contributed by atoms with Crippen LogP contribution in [0.1, 0.15) is 36.9 Å². The van der Waals surface area contributed by atoms with Crippen molar-refractivity contribution in [2.75, 3.05) is 30.2 Å². The lowest BCUT2D eigenvalue weighted by molar-refractivity contribution is -0.131. The van der Waals surface area contributed by atoms with E-state index >= 15 is 0 Å². The molecule has 0 spiro atoms. The second-order valence-corrected chi connectivity index (χ2v) is 12.2. The minimum Gasteiger partial charge on any atom is -0.478 e. The molecule has 1 aliphatic carbocycles. The number of anilines is 2. The molecule has 1 saturated carbocycles. The Bertz CT molecular complexity index is 1460. The molecule has 3 aromatic rings. The number of nitrogens with zero attached hydrogens (tertiary/aromatic N) is 6. The van der Waals surface area contributed by atoms with Gasteiger partial charge in [0.2, 0.25) is 5.91 Å². The lowest BCUT2D eigenvalue weighted by Gasteiger charge is -2.31. The van der Waals surface area contributed by atoms with Gasteiger partial charge in [0.25, 0.3) is 0 Å².